The number of anilines is 1. The number of nitrogens with one attached hydrogen (secondary N) is 1. The van der Waals surface area contributed by atoms with E-state index >= 15 is 0 Å². The van der Waals surface area contributed by atoms with Crippen LogP contribution in [-0.2, 0) is 10.0 Å². The Balaban J connectivity index is 1.75. The Morgan fingerprint density at radius 1 is 1.14 bits per heavy atom. The summed E-state index contributed by atoms with van der Waals surface area (Å²) in [6, 6.07) is 14.4. The van der Waals surface area contributed by atoms with Crippen molar-refractivity contribution in [1.29, 1.82) is 0 Å². The summed E-state index contributed by atoms with van der Waals surface area (Å²) in [7, 11) is -3.35. The summed E-state index contributed by atoms with van der Waals surface area (Å²) >= 11 is 1.39. The molecular formula is C20H21N3O3S2. The Kier molecular flexibility index (Phi) is 5.90. The van der Waals surface area contributed by atoms with E-state index in [1.54, 1.807) is 30.5 Å². The number of sulfonamides is 1. The second-order valence-electron chi connectivity index (χ2n) is 6.44. The largest absolute Gasteiger partial charge is 0.295 e. The van der Waals surface area contributed by atoms with Crippen molar-refractivity contribution >= 4 is 33.3 Å². The molecule has 3 aromatic rings. The number of hydrogen-bond donors (Lipinski definition) is 1. The van der Waals surface area contributed by atoms with Crippen molar-refractivity contribution in [2.45, 2.75) is 24.3 Å². The topological polar surface area (TPSA) is 81.1 Å². The molecule has 0 unspecified atom stereocenters. The number of para-hydroxylation sites is 1. The lowest BCUT2D eigenvalue weighted by Gasteiger charge is -2.14. The van der Waals surface area contributed by atoms with Gasteiger partial charge in [0.2, 0.25) is 10.0 Å². The number of Topliss-reactive ketones (excluding diaryl/α,β-unsaturated/α-hetero) is 1. The lowest BCUT2D eigenvalue weighted by molar-refractivity contribution is 0.0994. The van der Waals surface area contributed by atoms with Gasteiger partial charge < -0.3 is 0 Å². The van der Waals surface area contributed by atoms with Gasteiger partial charge in [0.25, 0.3) is 0 Å². The Morgan fingerprint density at radius 2 is 1.82 bits per heavy atom. The minimum absolute atomic E-state index is 0.0461. The molecule has 0 saturated heterocycles. The van der Waals surface area contributed by atoms with Crippen LogP contribution in [0.5, 0.6) is 0 Å². The van der Waals surface area contributed by atoms with Crippen molar-refractivity contribution < 1.29 is 13.2 Å². The normalized spacial score (nSPS) is 12.5. The third-order valence-electron chi connectivity index (χ3n) is 4.11. The van der Waals surface area contributed by atoms with Gasteiger partial charge in [-0.2, -0.15) is 0 Å². The predicted molar refractivity (Wildman–Crippen MR) is 113 cm³/mol. The van der Waals surface area contributed by atoms with Crippen molar-refractivity contribution in [3.05, 3.63) is 72.1 Å². The molecule has 6 nitrogen and oxygen atoms in total. The summed E-state index contributed by atoms with van der Waals surface area (Å²) in [4.78, 5) is 17.2. The number of hydrogen-bond acceptors (Lipinski definition) is 5. The summed E-state index contributed by atoms with van der Waals surface area (Å²) in [5.41, 5.74) is 3.09. The Bertz CT molecular complexity index is 1090. The van der Waals surface area contributed by atoms with E-state index in [1.165, 1.54) is 11.8 Å². The average Bonchev–Trinajstić information content (AvgIpc) is 3.08. The number of carbonyl (C=O) groups is 1. The molecule has 0 fully saturated rings. The fraction of sp³-hybridized carbons (Fsp3) is 0.200. The Morgan fingerprint density at radius 3 is 2.46 bits per heavy atom. The molecule has 0 aliphatic rings. The molecule has 2 aromatic carbocycles. The highest BCUT2D eigenvalue weighted by molar-refractivity contribution is 8.00. The first-order valence-electron chi connectivity index (χ1n) is 8.62. The molecule has 0 aliphatic heterocycles. The van der Waals surface area contributed by atoms with Crippen LogP contribution in [0.4, 0.5) is 5.69 Å². The smallest absolute Gasteiger partial charge is 0.229 e. The van der Waals surface area contributed by atoms with Crippen LogP contribution in [0, 0.1) is 6.92 Å². The zero-order valence-corrected chi connectivity index (χ0v) is 17.4. The maximum atomic E-state index is 12.8. The molecule has 1 aromatic heterocycles. The maximum absolute atomic E-state index is 12.8. The van der Waals surface area contributed by atoms with E-state index in [0.717, 1.165) is 22.7 Å². The van der Waals surface area contributed by atoms with Crippen LogP contribution >= 0.6 is 11.8 Å². The van der Waals surface area contributed by atoms with Crippen LogP contribution < -0.4 is 4.72 Å². The van der Waals surface area contributed by atoms with Gasteiger partial charge in [0.1, 0.15) is 0 Å². The zero-order chi connectivity index (χ0) is 20.3. The minimum Gasteiger partial charge on any atom is -0.295 e. The number of thioether (sulfide) groups is 1. The zero-order valence-electron chi connectivity index (χ0n) is 15.8. The first kappa shape index (κ1) is 20.2. The van der Waals surface area contributed by atoms with E-state index in [0.29, 0.717) is 11.3 Å². The van der Waals surface area contributed by atoms with E-state index in [-0.39, 0.29) is 11.0 Å². The van der Waals surface area contributed by atoms with E-state index < -0.39 is 10.0 Å². The summed E-state index contributed by atoms with van der Waals surface area (Å²) in [5, 5.41) is 0.393. The van der Waals surface area contributed by atoms with Gasteiger partial charge in [0, 0.05) is 23.6 Å². The molecule has 0 amide bonds. The first-order chi connectivity index (χ1) is 13.2. The molecule has 0 aliphatic carbocycles. The quantitative estimate of drug-likeness (QED) is 0.467. The third-order valence-corrected chi connectivity index (χ3v) is 5.79. The van der Waals surface area contributed by atoms with Crippen LogP contribution in [-0.4, -0.2) is 35.3 Å². The molecular weight excluding hydrogens is 394 g/mol. The fourth-order valence-electron chi connectivity index (χ4n) is 2.76. The molecule has 1 heterocycles. The summed E-state index contributed by atoms with van der Waals surface area (Å²) in [6.45, 7) is 3.87. The van der Waals surface area contributed by atoms with E-state index in [4.69, 9.17) is 0 Å². The highest BCUT2D eigenvalue weighted by Gasteiger charge is 2.20. The fourth-order valence-corrected chi connectivity index (χ4v) is 4.28. The van der Waals surface area contributed by atoms with E-state index in [1.807, 2.05) is 48.9 Å². The lowest BCUT2D eigenvalue weighted by atomic mass is 10.1. The van der Waals surface area contributed by atoms with Gasteiger partial charge in [0.15, 0.2) is 10.9 Å². The standard InChI is InChI=1S/C20H21N3O3S2/c1-14-6-4-5-7-18(14)23-13-12-21-20(23)27-15(2)19(24)16-8-10-17(11-9-16)22-28(3,25)26/h4-13,15,22H,1-3H3/t15-/m1/s1. The highest BCUT2D eigenvalue weighted by atomic mass is 32.2. The number of carbonyl (C=O) groups excluding carboxylic acids is 1. The molecule has 1 atom stereocenters. The molecule has 0 radical (unpaired) electrons. The minimum atomic E-state index is -3.35. The molecule has 3 rings (SSSR count). The molecule has 0 spiro atoms. The first-order valence-corrected chi connectivity index (χ1v) is 11.4. The Hall–Kier alpha value is -2.58. The maximum Gasteiger partial charge on any atom is 0.229 e. The number of nitrogens with zero attached hydrogens (tertiary/aromatic N) is 2. The van der Waals surface area contributed by atoms with E-state index in [9.17, 15) is 13.2 Å². The van der Waals surface area contributed by atoms with Crippen molar-refractivity contribution in [3.8, 4) is 5.69 Å². The SMILES string of the molecule is Cc1ccccc1-n1ccnc1S[C@H](C)C(=O)c1ccc(NS(C)(=O)=O)cc1. The third kappa shape index (κ3) is 4.82. The number of rotatable bonds is 7. The summed E-state index contributed by atoms with van der Waals surface area (Å²) < 4.78 is 26.9. The van der Waals surface area contributed by atoms with Crippen molar-refractivity contribution in [2.75, 3.05) is 11.0 Å². The summed E-state index contributed by atoms with van der Waals surface area (Å²) in [6.07, 6.45) is 4.69. The van der Waals surface area contributed by atoms with Crippen LogP contribution in [0.2, 0.25) is 0 Å². The van der Waals surface area contributed by atoms with Crippen molar-refractivity contribution in [2.24, 2.45) is 0 Å². The Labute approximate surface area is 169 Å². The lowest BCUT2D eigenvalue weighted by Crippen LogP contribution is -2.15. The molecule has 1 N–H and O–H groups in total. The van der Waals surface area contributed by atoms with Gasteiger partial charge >= 0.3 is 0 Å². The number of imidazole rings is 1. The second kappa shape index (κ2) is 8.20. The van der Waals surface area contributed by atoms with Gasteiger partial charge in [-0.15, -0.1) is 0 Å². The van der Waals surface area contributed by atoms with Crippen molar-refractivity contribution in [3.63, 3.8) is 0 Å². The number of aromatic nitrogens is 2. The van der Waals surface area contributed by atoms with Crippen LogP contribution in [0.25, 0.3) is 5.69 Å². The highest BCUT2D eigenvalue weighted by Crippen LogP contribution is 2.28. The molecule has 28 heavy (non-hydrogen) atoms. The van der Waals surface area contributed by atoms with Crippen molar-refractivity contribution in [1.82, 2.24) is 9.55 Å². The summed E-state index contributed by atoms with van der Waals surface area (Å²) in [5.74, 6) is -0.0461. The molecule has 8 heteroatoms. The van der Waals surface area contributed by atoms with Crippen LogP contribution in [0.1, 0.15) is 22.8 Å². The van der Waals surface area contributed by atoms with Crippen LogP contribution in [0.15, 0.2) is 66.1 Å². The monoisotopic (exact) mass is 415 g/mol. The van der Waals surface area contributed by atoms with Gasteiger partial charge in [-0.25, -0.2) is 13.4 Å². The number of benzene rings is 2. The molecule has 0 saturated carbocycles. The van der Waals surface area contributed by atoms with E-state index in [2.05, 4.69) is 9.71 Å². The van der Waals surface area contributed by atoms with Crippen LogP contribution in [0.3, 0.4) is 0 Å². The second-order valence-corrected chi connectivity index (χ2v) is 9.50. The van der Waals surface area contributed by atoms with Gasteiger partial charge in [0.05, 0.1) is 17.2 Å². The van der Waals surface area contributed by atoms with Gasteiger partial charge in [-0.1, -0.05) is 30.0 Å². The molecule has 0 bridgehead atoms. The predicted octanol–water partition coefficient (Wildman–Crippen LogP) is 3.92. The number of aryl methyl sites for hydroxylation is 1. The average molecular weight is 416 g/mol. The molecule has 146 valence electrons. The number of ketones is 1. The van der Waals surface area contributed by atoms with Gasteiger partial charge in [-0.05, 0) is 49.7 Å². The van der Waals surface area contributed by atoms with Gasteiger partial charge in [-0.3, -0.25) is 14.1 Å².